The van der Waals surface area contributed by atoms with Gasteiger partial charge in [0.25, 0.3) is 0 Å². The van der Waals surface area contributed by atoms with Gasteiger partial charge in [-0.2, -0.15) is 5.10 Å². The van der Waals surface area contributed by atoms with Gasteiger partial charge in [-0.15, -0.1) is 0 Å². The van der Waals surface area contributed by atoms with E-state index in [1.165, 1.54) is 5.69 Å². The maximum Gasteiger partial charge on any atom is 0.103 e. The van der Waals surface area contributed by atoms with Crippen molar-refractivity contribution in [2.75, 3.05) is 7.05 Å². The molecule has 0 aliphatic heterocycles. The zero-order valence-electron chi connectivity index (χ0n) is 9.98. The molecule has 2 aromatic rings. The van der Waals surface area contributed by atoms with Gasteiger partial charge in [-0.1, -0.05) is 0 Å². The van der Waals surface area contributed by atoms with Crippen molar-refractivity contribution in [2.24, 2.45) is 7.05 Å². The summed E-state index contributed by atoms with van der Waals surface area (Å²) in [5.74, 6) is 1.02. The van der Waals surface area contributed by atoms with Gasteiger partial charge in [-0.3, -0.25) is 4.68 Å². The first kappa shape index (κ1) is 12.4. The van der Waals surface area contributed by atoms with Crippen molar-refractivity contribution in [1.82, 2.24) is 15.1 Å². The molecule has 0 aliphatic carbocycles. The fourth-order valence-electron chi connectivity index (χ4n) is 1.97. The van der Waals surface area contributed by atoms with E-state index < -0.39 is 0 Å². The SMILES string of the molecule is CNC(CCc1ccco1)c1c(Br)cnn1C. The maximum absolute atomic E-state index is 5.34. The number of aryl methyl sites for hydroxylation is 2. The average Bonchev–Trinajstić information content (AvgIpc) is 2.93. The molecule has 0 amide bonds. The van der Waals surface area contributed by atoms with Crippen LogP contribution in [0.25, 0.3) is 0 Å². The van der Waals surface area contributed by atoms with Gasteiger partial charge in [0.05, 0.1) is 28.7 Å². The Bertz CT molecular complexity index is 445. The molecule has 1 atom stereocenters. The fraction of sp³-hybridized carbons (Fsp3) is 0.417. The van der Waals surface area contributed by atoms with E-state index >= 15 is 0 Å². The van der Waals surface area contributed by atoms with Crippen LogP contribution in [0.2, 0.25) is 0 Å². The Morgan fingerprint density at radius 1 is 1.59 bits per heavy atom. The standard InChI is InChI=1S/C12H16BrN3O/c1-14-11(6-5-9-4-3-7-17-9)12-10(13)8-15-16(12)2/h3-4,7-8,11,14H,5-6H2,1-2H3. The second-order valence-corrected chi connectivity index (χ2v) is 4.81. The molecule has 0 aromatic carbocycles. The molecule has 1 unspecified atom stereocenters. The minimum absolute atomic E-state index is 0.266. The molecular formula is C12H16BrN3O. The molecule has 2 heterocycles. The highest BCUT2D eigenvalue weighted by molar-refractivity contribution is 9.10. The minimum Gasteiger partial charge on any atom is -0.469 e. The van der Waals surface area contributed by atoms with Crippen LogP contribution in [0.3, 0.4) is 0 Å². The summed E-state index contributed by atoms with van der Waals surface area (Å²) in [5.41, 5.74) is 1.17. The lowest BCUT2D eigenvalue weighted by molar-refractivity contribution is 0.455. The van der Waals surface area contributed by atoms with Gasteiger partial charge < -0.3 is 9.73 Å². The molecule has 0 radical (unpaired) electrons. The molecule has 0 fully saturated rings. The van der Waals surface area contributed by atoms with Gasteiger partial charge in [0.1, 0.15) is 5.76 Å². The van der Waals surface area contributed by atoms with Crippen molar-refractivity contribution < 1.29 is 4.42 Å². The Hall–Kier alpha value is -1.07. The average molecular weight is 298 g/mol. The van der Waals surface area contributed by atoms with Crippen LogP contribution in [0.1, 0.15) is 23.9 Å². The fourth-order valence-corrected chi connectivity index (χ4v) is 2.60. The first-order valence-electron chi connectivity index (χ1n) is 5.59. The summed E-state index contributed by atoms with van der Waals surface area (Å²) in [6.45, 7) is 0. The van der Waals surface area contributed by atoms with Crippen LogP contribution < -0.4 is 5.32 Å². The number of furan rings is 1. The summed E-state index contributed by atoms with van der Waals surface area (Å²) < 4.78 is 8.28. The molecule has 92 valence electrons. The number of hydrogen-bond donors (Lipinski definition) is 1. The highest BCUT2D eigenvalue weighted by Crippen LogP contribution is 2.25. The lowest BCUT2D eigenvalue weighted by atomic mass is 10.1. The molecule has 4 nitrogen and oxygen atoms in total. The number of hydrogen-bond acceptors (Lipinski definition) is 3. The summed E-state index contributed by atoms with van der Waals surface area (Å²) in [7, 11) is 3.92. The Morgan fingerprint density at radius 3 is 2.94 bits per heavy atom. The predicted molar refractivity (Wildman–Crippen MR) is 69.7 cm³/mol. The zero-order chi connectivity index (χ0) is 12.3. The Balaban J connectivity index is 2.07. The van der Waals surface area contributed by atoms with Crippen molar-refractivity contribution in [2.45, 2.75) is 18.9 Å². The molecule has 5 heteroatoms. The van der Waals surface area contributed by atoms with E-state index in [1.807, 2.05) is 37.1 Å². The first-order valence-corrected chi connectivity index (χ1v) is 6.38. The topological polar surface area (TPSA) is 43.0 Å². The summed E-state index contributed by atoms with van der Waals surface area (Å²) in [6.07, 6.45) is 5.43. The quantitative estimate of drug-likeness (QED) is 0.923. The van der Waals surface area contributed by atoms with E-state index in [2.05, 4.69) is 26.3 Å². The number of nitrogens with zero attached hydrogens (tertiary/aromatic N) is 2. The molecule has 2 rings (SSSR count). The second-order valence-electron chi connectivity index (χ2n) is 3.96. The second kappa shape index (κ2) is 5.51. The molecular weight excluding hydrogens is 282 g/mol. The molecule has 0 saturated heterocycles. The first-order chi connectivity index (χ1) is 8.22. The van der Waals surface area contributed by atoms with Gasteiger partial charge in [-0.25, -0.2) is 0 Å². The predicted octanol–water partition coefficient (Wildman–Crippen LogP) is 2.67. The van der Waals surface area contributed by atoms with Crippen molar-refractivity contribution in [3.63, 3.8) is 0 Å². The minimum atomic E-state index is 0.266. The number of aromatic nitrogens is 2. The maximum atomic E-state index is 5.34. The van der Waals surface area contributed by atoms with Crippen molar-refractivity contribution >= 4 is 15.9 Å². The molecule has 2 aromatic heterocycles. The lowest BCUT2D eigenvalue weighted by Crippen LogP contribution is -2.20. The zero-order valence-corrected chi connectivity index (χ0v) is 11.6. The van der Waals surface area contributed by atoms with Gasteiger partial charge in [0, 0.05) is 13.5 Å². The lowest BCUT2D eigenvalue weighted by Gasteiger charge is -2.16. The van der Waals surface area contributed by atoms with Gasteiger partial charge >= 0.3 is 0 Å². The third-order valence-corrected chi connectivity index (χ3v) is 3.49. The van der Waals surface area contributed by atoms with Gasteiger partial charge in [0.15, 0.2) is 0 Å². The summed E-state index contributed by atoms with van der Waals surface area (Å²) in [4.78, 5) is 0. The molecule has 1 N–H and O–H groups in total. The Labute approximate surface area is 109 Å². The third kappa shape index (κ3) is 2.79. The highest BCUT2D eigenvalue weighted by atomic mass is 79.9. The number of halogens is 1. The summed E-state index contributed by atoms with van der Waals surface area (Å²) >= 11 is 3.53. The van der Waals surface area contributed by atoms with Crippen molar-refractivity contribution in [3.8, 4) is 0 Å². The third-order valence-electron chi connectivity index (χ3n) is 2.88. The normalized spacial score (nSPS) is 12.9. The van der Waals surface area contributed by atoms with Crippen LogP contribution in [-0.4, -0.2) is 16.8 Å². The van der Waals surface area contributed by atoms with Crippen LogP contribution in [0.5, 0.6) is 0 Å². The van der Waals surface area contributed by atoms with E-state index in [4.69, 9.17) is 4.42 Å². The Morgan fingerprint density at radius 2 is 2.41 bits per heavy atom. The van der Waals surface area contributed by atoms with E-state index in [0.717, 1.165) is 23.1 Å². The largest absolute Gasteiger partial charge is 0.469 e. The number of rotatable bonds is 5. The molecule has 17 heavy (non-hydrogen) atoms. The van der Waals surface area contributed by atoms with Crippen LogP contribution in [-0.2, 0) is 13.5 Å². The summed E-state index contributed by atoms with van der Waals surface area (Å²) in [6, 6.07) is 4.19. The van der Waals surface area contributed by atoms with E-state index in [-0.39, 0.29) is 6.04 Å². The van der Waals surface area contributed by atoms with Crippen molar-refractivity contribution in [1.29, 1.82) is 0 Å². The molecule has 0 aliphatic rings. The van der Waals surface area contributed by atoms with E-state index in [1.54, 1.807) is 6.26 Å². The van der Waals surface area contributed by atoms with Crippen LogP contribution in [0.4, 0.5) is 0 Å². The number of nitrogens with one attached hydrogen (secondary N) is 1. The smallest absolute Gasteiger partial charge is 0.103 e. The van der Waals surface area contributed by atoms with Crippen LogP contribution in [0, 0.1) is 0 Å². The summed E-state index contributed by atoms with van der Waals surface area (Å²) in [5, 5.41) is 7.55. The van der Waals surface area contributed by atoms with E-state index in [9.17, 15) is 0 Å². The van der Waals surface area contributed by atoms with Crippen molar-refractivity contribution in [3.05, 3.63) is 40.5 Å². The van der Waals surface area contributed by atoms with Crippen LogP contribution in [0.15, 0.2) is 33.5 Å². The van der Waals surface area contributed by atoms with Crippen LogP contribution >= 0.6 is 15.9 Å². The molecule has 0 saturated carbocycles. The van der Waals surface area contributed by atoms with E-state index in [0.29, 0.717) is 0 Å². The van der Waals surface area contributed by atoms with Gasteiger partial charge in [-0.05, 0) is 41.5 Å². The molecule has 0 bridgehead atoms. The van der Waals surface area contributed by atoms with Gasteiger partial charge in [0.2, 0.25) is 0 Å². The monoisotopic (exact) mass is 297 g/mol. The highest BCUT2D eigenvalue weighted by Gasteiger charge is 2.17. The molecule has 0 spiro atoms. The Kier molecular flexibility index (Phi) is 4.02.